The summed E-state index contributed by atoms with van der Waals surface area (Å²) in [6.45, 7) is 1.60. The number of hydrogen-bond acceptors (Lipinski definition) is 7. The van der Waals surface area contributed by atoms with Crippen molar-refractivity contribution in [3.8, 4) is 11.5 Å². The van der Waals surface area contributed by atoms with Crippen LogP contribution in [0.1, 0.15) is 24.0 Å². The summed E-state index contributed by atoms with van der Waals surface area (Å²) < 4.78 is 51.5. The lowest BCUT2D eigenvalue weighted by Crippen LogP contribution is -2.26. The SMILES string of the molecule is Cc1c2c(cc3[nH]c(NS(=O)c4cccc(C5=NC(C6CC6)ON5)c4)nc13)OC(F)(F)O2. The zero-order chi connectivity index (χ0) is 22.0. The van der Waals surface area contributed by atoms with Gasteiger partial charge in [0.15, 0.2) is 34.5 Å². The van der Waals surface area contributed by atoms with Crippen LogP contribution < -0.4 is 19.7 Å². The van der Waals surface area contributed by atoms with Gasteiger partial charge in [-0.1, -0.05) is 12.1 Å². The molecule has 3 heterocycles. The number of halogens is 2. The van der Waals surface area contributed by atoms with E-state index in [2.05, 4.69) is 34.6 Å². The number of fused-ring (bicyclic) bond motifs is 2. The van der Waals surface area contributed by atoms with Crippen molar-refractivity contribution in [2.75, 3.05) is 4.72 Å². The summed E-state index contributed by atoms with van der Waals surface area (Å²) in [5.41, 5.74) is 4.85. The molecule has 2 aromatic carbocycles. The normalized spacial score (nSPS) is 22.0. The zero-order valence-electron chi connectivity index (χ0n) is 16.6. The number of aryl methyl sites for hydroxylation is 1. The van der Waals surface area contributed by atoms with Gasteiger partial charge in [-0.2, -0.15) is 0 Å². The number of hydroxylamine groups is 1. The number of aliphatic imine (C=N–C) groups is 1. The van der Waals surface area contributed by atoms with Crippen LogP contribution in [0.2, 0.25) is 0 Å². The molecule has 9 nitrogen and oxygen atoms in total. The van der Waals surface area contributed by atoms with Crippen molar-refractivity contribution >= 4 is 33.8 Å². The predicted octanol–water partition coefficient (Wildman–Crippen LogP) is 3.35. The van der Waals surface area contributed by atoms with Crippen molar-refractivity contribution in [1.29, 1.82) is 0 Å². The van der Waals surface area contributed by atoms with Crippen molar-refractivity contribution in [3.63, 3.8) is 0 Å². The Kier molecular flexibility index (Phi) is 4.17. The molecule has 3 aliphatic rings. The lowest BCUT2D eigenvalue weighted by atomic mass is 10.1. The van der Waals surface area contributed by atoms with Crippen molar-refractivity contribution in [2.45, 2.75) is 37.2 Å². The fourth-order valence-electron chi connectivity index (χ4n) is 3.70. The molecule has 32 heavy (non-hydrogen) atoms. The van der Waals surface area contributed by atoms with Gasteiger partial charge in [-0.3, -0.25) is 4.72 Å². The van der Waals surface area contributed by atoms with Crippen LogP contribution in [0.25, 0.3) is 11.0 Å². The minimum absolute atomic E-state index is 0.0640. The first kappa shape index (κ1) is 19.4. The smallest absolute Gasteiger partial charge is 0.395 e. The number of ether oxygens (including phenoxy) is 2. The van der Waals surface area contributed by atoms with Gasteiger partial charge in [-0.15, -0.1) is 8.78 Å². The maximum Gasteiger partial charge on any atom is 0.586 e. The largest absolute Gasteiger partial charge is 0.586 e. The maximum absolute atomic E-state index is 13.4. The highest BCUT2D eigenvalue weighted by Crippen LogP contribution is 2.46. The average molecular weight is 461 g/mol. The van der Waals surface area contributed by atoms with E-state index in [0.29, 0.717) is 33.2 Å². The van der Waals surface area contributed by atoms with E-state index in [1.807, 2.05) is 6.07 Å². The molecule has 0 saturated heterocycles. The van der Waals surface area contributed by atoms with Crippen molar-refractivity contribution in [3.05, 3.63) is 41.5 Å². The summed E-state index contributed by atoms with van der Waals surface area (Å²) in [6, 6.07) is 8.47. The van der Waals surface area contributed by atoms with Gasteiger partial charge >= 0.3 is 6.29 Å². The van der Waals surface area contributed by atoms with Crippen molar-refractivity contribution in [2.24, 2.45) is 10.9 Å². The number of nitrogens with one attached hydrogen (secondary N) is 3. The molecule has 2 aliphatic heterocycles. The summed E-state index contributed by atoms with van der Waals surface area (Å²) in [5, 5.41) is 0. The number of benzene rings is 2. The molecule has 1 fully saturated rings. The van der Waals surface area contributed by atoms with Crippen LogP contribution in [0.5, 0.6) is 11.5 Å². The Bertz CT molecular complexity index is 1310. The molecule has 0 radical (unpaired) electrons. The highest BCUT2D eigenvalue weighted by Gasteiger charge is 2.45. The molecule has 1 aromatic heterocycles. The van der Waals surface area contributed by atoms with Crippen LogP contribution in [0.3, 0.4) is 0 Å². The van der Waals surface area contributed by atoms with Crippen molar-refractivity contribution in [1.82, 2.24) is 15.4 Å². The number of imidazole rings is 1. The number of aromatic nitrogens is 2. The summed E-state index contributed by atoms with van der Waals surface area (Å²) in [4.78, 5) is 17.8. The van der Waals surface area contributed by atoms with Gasteiger partial charge in [-0.25, -0.2) is 24.5 Å². The fraction of sp³-hybridized carbons (Fsp3) is 0.300. The summed E-state index contributed by atoms with van der Waals surface area (Å²) in [5.74, 6) is 1.13. The zero-order valence-corrected chi connectivity index (χ0v) is 17.5. The van der Waals surface area contributed by atoms with Gasteiger partial charge in [0.05, 0.1) is 15.9 Å². The number of alkyl halides is 2. The average Bonchev–Trinajstić information content (AvgIpc) is 3.20. The Hall–Kier alpha value is -3.25. The molecule has 3 aromatic rings. The molecule has 2 unspecified atom stereocenters. The number of H-pyrrole nitrogens is 1. The first-order valence-electron chi connectivity index (χ1n) is 9.94. The Morgan fingerprint density at radius 1 is 1.25 bits per heavy atom. The molecule has 1 aliphatic carbocycles. The number of amidine groups is 1. The predicted molar refractivity (Wildman–Crippen MR) is 111 cm³/mol. The van der Waals surface area contributed by atoms with Crippen LogP contribution in [-0.2, 0) is 15.8 Å². The second-order valence-corrected chi connectivity index (χ2v) is 9.02. The Morgan fingerprint density at radius 2 is 2.09 bits per heavy atom. The summed E-state index contributed by atoms with van der Waals surface area (Å²) >= 11 is 0. The number of nitrogens with zero attached hydrogens (tertiary/aromatic N) is 2. The lowest BCUT2D eigenvalue weighted by molar-refractivity contribution is -0.286. The highest BCUT2D eigenvalue weighted by atomic mass is 32.2. The van der Waals surface area contributed by atoms with Crippen LogP contribution in [-0.4, -0.2) is 32.5 Å². The standard InChI is InChI=1S/C20H17F2N5O4S/c1-9-15-13(8-14-16(9)30-20(21,22)29-14)23-19(24-15)27-32(28)12-4-2-3-11(7-12)17-25-18(31-26-17)10-5-6-10/h2-4,7-8,10,18H,5-6H2,1H3,(H,25,26)(H2,23,24,27). The fourth-order valence-corrected chi connectivity index (χ4v) is 4.53. The van der Waals surface area contributed by atoms with E-state index in [9.17, 15) is 13.0 Å². The highest BCUT2D eigenvalue weighted by molar-refractivity contribution is 7.86. The maximum atomic E-state index is 13.4. The van der Waals surface area contributed by atoms with Gasteiger partial charge in [0, 0.05) is 23.1 Å². The molecule has 0 bridgehead atoms. The number of anilines is 1. The number of aromatic amines is 1. The van der Waals surface area contributed by atoms with Crippen LogP contribution in [0, 0.1) is 12.8 Å². The van der Waals surface area contributed by atoms with Gasteiger partial charge < -0.3 is 14.5 Å². The monoisotopic (exact) mass is 461 g/mol. The molecule has 12 heteroatoms. The Balaban J connectivity index is 1.24. The van der Waals surface area contributed by atoms with Crippen LogP contribution in [0.4, 0.5) is 14.7 Å². The third-order valence-electron chi connectivity index (χ3n) is 5.45. The minimum Gasteiger partial charge on any atom is -0.395 e. The molecular weight excluding hydrogens is 444 g/mol. The quantitative estimate of drug-likeness (QED) is 0.538. The van der Waals surface area contributed by atoms with E-state index in [1.54, 1.807) is 25.1 Å². The Morgan fingerprint density at radius 3 is 2.91 bits per heavy atom. The molecule has 6 rings (SSSR count). The molecule has 3 N–H and O–H groups in total. The second kappa shape index (κ2) is 6.87. The third kappa shape index (κ3) is 3.35. The molecule has 1 saturated carbocycles. The van der Waals surface area contributed by atoms with Crippen LogP contribution in [0.15, 0.2) is 40.2 Å². The minimum atomic E-state index is -3.71. The van der Waals surface area contributed by atoms with E-state index < -0.39 is 17.3 Å². The number of rotatable bonds is 5. The number of hydrogen-bond donors (Lipinski definition) is 3. The van der Waals surface area contributed by atoms with E-state index in [1.165, 1.54) is 6.07 Å². The first-order chi connectivity index (χ1) is 15.4. The van der Waals surface area contributed by atoms with E-state index >= 15 is 0 Å². The van der Waals surface area contributed by atoms with E-state index in [-0.39, 0.29) is 23.7 Å². The first-order valence-corrected chi connectivity index (χ1v) is 11.1. The van der Waals surface area contributed by atoms with Crippen LogP contribution >= 0.6 is 0 Å². The van der Waals surface area contributed by atoms with Crippen molar-refractivity contribution < 1.29 is 27.3 Å². The van der Waals surface area contributed by atoms with Gasteiger partial charge in [0.1, 0.15) is 0 Å². The summed E-state index contributed by atoms with van der Waals surface area (Å²) in [6.07, 6.45) is -1.66. The second-order valence-electron chi connectivity index (χ2n) is 7.80. The van der Waals surface area contributed by atoms with Gasteiger partial charge in [-0.05, 0) is 31.9 Å². The molecule has 0 spiro atoms. The topological polar surface area (TPSA) is 110 Å². The third-order valence-corrected chi connectivity index (χ3v) is 6.51. The summed E-state index contributed by atoms with van der Waals surface area (Å²) in [7, 11) is -1.64. The molecule has 2 atom stereocenters. The van der Waals surface area contributed by atoms with Gasteiger partial charge in [0.25, 0.3) is 0 Å². The molecule has 0 amide bonds. The van der Waals surface area contributed by atoms with E-state index in [4.69, 9.17) is 4.84 Å². The van der Waals surface area contributed by atoms with E-state index in [0.717, 1.165) is 18.4 Å². The lowest BCUT2D eigenvalue weighted by Gasteiger charge is -2.06. The Labute approximate surface area is 182 Å². The van der Waals surface area contributed by atoms with Gasteiger partial charge in [0.2, 0.25) is 5.95 Å². The molecule has 166 valence electrons. The molecular formula is C20H17F2N5O4S.